The van der Waals surface area contributed by atoms with Crippen molar-refractivity contribution in [1.29, 1.82) is 0 Å². The number of hydrogen-bond donors (Lipinski definition) is 0. The number of carbonyl (C=O) groups is 1. The molecule has 0 saturated carbocycles. The number of hydrogen-bond acceptors (Lipinski definition) is 2. The van der Waals surface area contributed by atoms with E-state index in [0.29, 0.717) is 12.2 Å². The highest BCUT2D eigenvalue weighted by Crippen LogP contribution is 2.39. The average molecular weight is 314 g/mol. The van der Waals surface area contributed by atoms with Crippen molar-refractivity contribution in [2.45, 2.75) is 19.8 Å². The molecule has 0 amide bonds. The third-order valence-electron chi connectivity index (χ3n) is 4.41. The summed E-state index contributed by atoms with van der Waals surface area (Å²) < 4.78 is 5.69. The summed E-state index contributed by atoms with van der Waals surface area (Å²) in [6.07, 6.45) is 1.22. The van der Waals surface area contributed by atoms with Gasteiger partial charge in [-0.15, -0.1) is 0 Å². The van der Waals surface area contributed by atoms with Gasteiger partial charge in [-0.3, -0.25) is 4.79 Å². The predicted molar refractivity (Wildman–Crippen MR) is 99.5 cm³/mol. The molecule has 0 atom stereocenters. The molecule has 0 aliphatic rings. The summed E-state index contributed by atoms with van der Waals surface area (Å²) in [6.45, 7) is 1.98. The first-order valence-corrected chi connectivity index (χ1v) is 8.32. The summed E-state index contributed by atoms with van der Waals surface area (Å²) in [5, 5.41) is 6.82. The highest BCUT2D eigenvalue weighted by atomic mass is 16.5. The van der Waals surface area contributed by atoms with Gasteiger partial charge in [-0.05, 0) is 39.4 Å². The summed E-state index contributed by atoms with van der Waals surface area (Å²) in [5.41, 5.74) is 0. The van der Waals surface area contributed by atoms with E-state index in [1.165, 1.54) is 16.2 Å². The van der Waals surface area contributed by atoms with E-state index in [-0.39, 0.29) is 5.97 Å². The van der Waals surface area contributed by atoms with Crippen LogP contribution in [0.1, 0.15) is 19.8 Å². The van der Waals surface area contributed by atoms with E-state index in [4.69, 9.17) is 4.74 Å². The van der Waals surface area contributed by atoms with Gasteiger partial charge in [-0.2, -0.15) is 0 Å². The maximum atomic E-state index is 12.0. The SMILES string of the molecule is CCCC(=O)Oc1cccc2c3ccccc3c3ccccc3c12. The second-order valence-electron chi connectivity index (χ2n) is 5.99. The van der Waals surface area contributed by atoms with E-state index in [0.717, 1.165) is 22.6 Å². The first-order valence-electron chi connectivity index (χ1n) is 8.32. The fourth-order valence-corrected chi connectivity index (χ4v) is 3.39. The molecule has 4 rings (SSSR count). The van der Waals surface area contributed by atoms with Gasteiger partial charge in [0.05, 0.1) is 0 Å². The van der Waals surface area contributed by atoms with Crippen LogP contribution in [0.25, 0.3) is 32.3 Å². The van der Waals surface area contributed by atoms with Crippen LogP contribution in [-0.2, 0) is 4.79 Å². The number of esters is 1. The van der Waals surface area contributed by atoms with Gasteiger partial charge in [-0.1, -0.05) is 67.6 Å². The van der Waals surface area contributed by atoms with E-state index >= 15 is 0 Å². The van der Waals surface area contributed by atoms with Gasteiger partial charge >= 0.3 is 5.97 Å². The van der Waals surface area contributed by atoms with Crippen molar-refractivity contribution < 1.29 is 9.53 Å². The van der Waals surface area contributed by atoms with Crippen molar-refractivity contribution in [1.82, 2.24) is 0 Å². The van der Waals surface area contributed by atoms with Gasteiger partial charge in [0, 0.05) is 11.8 Å². The first-order chi connectivity index (χ1) is 11.8. The molecule has 0 aliphatic carbocycles. The Kier molecular flexibility index (Phi) is 3.66. The zero-order chi connectivity index (χ0) is 16.5. The second kappa shape index (κ2) is 5.97. The maximum absolute atomic E-state index is 12.0. The molecule has 24 heavy (non-hydrogen) atoms. The maximum Gasteiger partial charge on any atom is 0.311 e. The summed E-state index contributed by atoms with van der Waals surface area (Å²) in [6, 6.07) is 22.6. The topological polar surface area (TPSA) is 26.3 Å². The lowest BCUT2D eigenvalue weighted by molar-refractivity contribution is -0.134. The van der Waals surface area contributed by atoms with Crippen LogP contribution in [0.4, 0.5) is 0 Å². The minimum Gasteiger partial charge on any atom is -0.426 e. The van der Waals surface area contributed by atoms with Crippen molar-refractivity contribution in [2.75, 3.05) is 0 Å². The molecule has 0 spiro atoms. The number of benzene rings is 4. The lowest BCUT2D eigenvalue weighted by Gasteiger charge is -2.13. The molecule has 118 valence electrons. The fourth-order valence-electron chi connectivity index (χ4n) is 3.39. The summed E-state index contributed by atoms with van der Waals surface area (Å²) in [5.74, 6) is 0.468. The Morgan fingerprint density at radius 2 is 1.25 bits per heavy atom. The second-order valence-corrected chi connectivity index (χ2v) is 5.99. The molecule has 0 heterocycles. The molecule has 2 heteroatoms. The normalized spacial score (nSPS) is 11.2. The molecule has 0 aliphatic heterocycles. The van der Waals surface area contributed by atoms with E-state index in [9.17, 15) is 4.79 Å². The summed E-state index contributed by atoms with van der Waals surface area (Å²) in [4.78, 5) is 12.0. The number of fused-ring (bicyclic) bond motifs is 6. The molecule has 0 bridgehead atoms. The molecular weight excluding hydrogens is 296 g/mol. The van der Waals surface area contributed by atoms with Gasteiger partial charge in [0.2, 0.25) is 0 Å². The molecule has 2 nitrogen and oxygen atoms in total. The van der Waals surface area contributed by atoms with Crippen LogP contribution < -0.4 is 4.74 Å². The quantitative estimate of drug-likeness (QED) is 0.269. The molecule has 4 aromatic rings. The van der Waals surface area contributed by atoms with Gasteiger partial charge < -0.3 is 4.74 Å². The van der Waals surface area contributed by atoms with Crippen LogP contribution >= 0.6 is 0 Å². The van der Waals surface area contributed by atoms with Crippen LogP contribution in [0.5, 0.6) is 5.75 Å². The molecule has 0 radical (unpaired) electrons. The van der Waals surface area contributed by atoms with Crippen LogP contribution in [0.15, 0.2) is 66.7 Å². The minimum atomic E-state index is -0.178. The van der Waals surface area contributed by atoms with Gasteiger partial charge in [-0.25, -0.2) is 0 Å². The fraction of sp³-hybridized carbons (Fsp3) is 0.136. The Bertz CT molecular complexity index is 1020. The average Bonchev–Trinajstić information content (AvgIpc) is 2.62. The molecule has 4 aromatic carbocycles. The van der Waals surface area contributed by atoms with Crippen molar-refractivity contribution in [2.24, 2.45) is 0 Å². The zero-order valence-electron chi connectivity index (χ0n) is 13.6. The molecule has 0 unspecified atom stereocenters. The summed E-state index contributed by atoms with van der Waals surface area (Å²) >= 11 is 0. The number of carbonyl (C=O) groups excluding carboxylic acids is 1. The Labute approximate surface area is 140 Å². The largest absolute Gasteiger partial charge is 0.426 e. The van der Waals surface area contributed by atoms with E-state index < -0.39 is 0 Å². The summed E-state index contributed by atoms with van der Waals surface area (Å²) in [7, 11) is 0. The van der Waals surface area contributed by atoms with E-state index in [1.807, 2.05) is 37.3 Å². The number of rotatable bonds is 3. The van der Waals surface area contributed by atoms with Gasteiger partial charge in [0.25, 0.3) is 0 Å². The highest BCUT2D eigenvalue weighted by molar-refractivity contribution is 6.26. The molecule has 0 aromatic heterocycles. The van der Waals surface area contributed by atoms with Gasteiger partial charge in [0.15, 0.2) is 0 Å². The molecule has 0 N–H and O–H groups in total. The molecule has 0 saturated heterocycles. The predicted octanol–water partition coefficient (Wildman–Crippen LogP) is 5.85. The van der Waals surface area contributed by atoms with E-state index in [1.54, 1.807) is 0 Å². The third-order valence-corrected chi connectivity index (χ3v) is 4.41. The Hall–Kier alpha value is -2.87. The third kappa shape index (κ3) is 2.31. The Balaban J connectivity index is 2.11. The van der Waals surface area contributed by atoms with Crippen molar-refractivity contribution in [3.05, 3.63) is 66.7 Å². The van der Waals surface area contributed by atoms with Crippen molar-refractivity contribution in [3.63, 3.8) is 0 Å². The van der Waals surface area contributed by atoms with Crippen molar-refractivity contribution >= 4 is 38.3 Å². The smallest absolute Gasteiger partial charge is 0.311 e. The van der Waals surface area contributed by atoms with Gasteiger partial charge in [0.1, 0.15) is 5.75 Å². The highest BCUT2D eigenvalue weighted by Gasteiger charge is 2.13. The molecule has 0 fully saturated rings. The van der Waals surface area contributed by atoms with Crippen LogP contribution in [0, 0.1) is 0 Å². The zero-order valence-corrected chi connectivity index (χ0v) is 13.6. The standard InChI is InChI=1S/C22H18O2/c1-2-8-21(23)24-20-14-7-13-19-17-10-4-3-9-15(17)16-11-5-6-12-18(16)22(19)20/h3-7,9-14H,2,8H2,1H3. The Morgan fingerprint density at radius 1 is 0.750 bits per heavy atom. The van der Waals surface area contributed by atoms with Crippen LogP contribution in [0.2, 0.25) is 0 Å². The molecular formula is C22H18O2. The Morgan fingerprint density at radius 3 is 1.83 bits per heavy atom. The number of ether oxygens (including phenoxy) is 1. The van der Waals surface area contributed by atoms with E-state index in [2.05, 4.69) is 36.4 Å². The van der Waals surface area contributed by atoms with Crippen molar-refractivity contribution in [3.8, 4) is 5.75 Å². The van der Waals surface area contributed by atoms with Crippen LogP contribution in [-0.4, -0.2) is 5.97 Å². The minimum absolute atomic E-state index is 0.178. The van der Waals surface area contributed by atoms with Crippen LogP contribution in [0.3, 0.4) is 0 Å². The lowest BCUT2D eigenvalue weighted by atomic mass is 9.94. The lowest BCUT2D eigenvalue weighted by Crippen LogP contribution is -2.07. The first kappa shape index (κ1) is 14.7. The monoisotopic (exact) mass is 314 g/mol.